The number of rotatable bonds is 3. The van der Waals surface area contributed by atoms with Crippen LogP contribution in [-0.4, -0.2) is 16.0 Å². The van der Waals surface area contributed by atoms with Gasteiger partial charge in [-0.2, -0.15) is 0 Å². The Labute approximate surface area is 107 Å². The molecule has 2 rings (SSSR count). The molecule has 0 atom stereocenters. The maximum absolute atomic E-state index is 13.7. The van der Waals surface area contributed by atoms with Crippen LogP contribution in [0.3, 0.4) is 0 Å². The van der Waals surface area contributed by atoms with Gasteiger partial charge in [0, 0.05) is 12.3 Å². The number of para-hydroxylation sites is 1. The highest BCUT2D eigenvalue weighted by atomic mass is 32.1. The van der Waals surface area contributed by atoms with Gasteiger partial charge in [-0.05, 0) is 12.1 Å². The van der Waals surface area contributed by atoms with E-state index >= 15 is 0 Å². The fraction of sp³-hybridized carbons (Fsp3) is 0.167. The van der Waals surface area contributed by atoms with Crippen LogP contribution < -0.4 is 4.90 Å². The van der Waals surface area contributed by atoms with Crippen molar-refractivity contribution in [3.8, 4) is 0 Å². The van der Waals surface area contributed by atoms with Gasteiger partial charge in [-0.15, -0.1) is 11.3 Å². The van der Waals surface area contributed by atoms with Crippen molar-refractivity contribution in [1.82, 2.24) is 4.98 Å². The molecule has 2 aromatic rings. The summed E-state index contributed by atoms with van der Waals surface area (Å²) in [4.78, 5) is 16.9. The second-order valence-electron chi connectivity index (χ2n) is 3.59. The minimum absolute atomic E-state index is 0.156. The van der Waals surface area contributed by atoms with Gasteiger partial charge in [-0.3, -0.25) is 9.69 Å². The summed E-state index contributed by atoms with van der Waals surface area (Å²) in [7, 11) is 0. The summed E-state index contributed by atoms with van der Waals surface area (Å²) in [6, 6.07) is 6.00. The fourth-order valence-electron chi connectivity index (χ4n) is 1.51. The normalized spacial score (nSPS) is 10.4. The summed E-state index contributed by atoms with van der Waals surface area (Å²) < 4.78 is 13.7. The number of aliphatic hydroxyl groups is 1. The number of hydrogen-bond donors (Lipinski definition) is 1. The van der Waals surface area contributed by atoms with Crippen LogP contribution in [0.4, 0.5) is 15.2 Å². The van der Waals surface area contributed by atoms with E-state index < -0.39 is 5.82 Å². The molecular weight excluding hydrogens is 255 g/mol. The van der Waals surface area contributed by atoms with Crippen molar-refractivity contribution in [2.75, 3.05) is 4.90 Å². The smallest absolute Gasteiger partial charge is 0.230 e. The predicted molar refractivity (Wildman–Crippen MR) is 67.3 cm³/mol. The minimum atomic E-state index is -0.492. The molecule has 0 saturated heterocycles. The lowest BCUT2D eigenvalue weighted by Crippen LogP contribution is -2.23. The molecule has 4 nitrogen and oxygen atoms in total. The summed E-state index contributed by atoms with van der Waals surface area (Å²) in [6.45, 7) is 1.13. The Morgan fingerprint density at radius 3 is 2.78 bits per heavy atom. The zero-order chi connectivity index (χ0) is 13.1. The third kappa shape index (κ3) is 2.39. The highest BCUT2D eigenvalue weighted by molar-refractivity contribution is 7.14. The SMILES string of the molecule is CC(=O)N(c1nc(CO)cs1)c1ccccc1F. The molecule has 0 saturated carbocycles. The molecule has 18 heavy (non-hydrogen) atoms. The molecule has 6 heteroatoms. The maximum atomic E-state index is 13.7. The van der Waals surface area contributed by atoms with Crippen molar-refractivity contribution in [2.24, 2.45) is 0 Å². The molecule has 0 spiro atoms. The molecule has 0 aliphatic rings. The molecule has 94 valence electrons. The largest absolute Gasteiger partial charge is 0.390 e. The van der Waals surface area contributed by atoms with E-state index in [1.807, 2.05) is 0 Å². The molecule has 1 aromatic heterocycles. The lowest BCUT2D eigenvalue weighted by molar-refractivity contribution is -0.115. The van der Waals surface area contributed by atoms with E-state index in [0.717, 1.165) is 0 Å². The van der Waals surface area contributed by atoms with Crippen LogP contribution in [0.1, 0.15) is 12.6 Å². The van der Waals surface area contributed by atoms with Gasteiger partial charge in [0.15, 0.2) is 5.13 Å². The summed E-state index contributed by atoms with van der Waals surface area (Å²) in [5.41, 5.74) is 0.612. The Balaban J connectivity index is 2.47. The van der Waals surface area contributed by atoms with Gasteiger partial charge < -0.3 is 5.11 Å². The number of anilines is 2. The number of thiazole rings is 1. The van der Waals surface area contributed by atoms with Gasteiger partial charge in [0.05, 0.1) is 18.0 Å². The van der Waals surface area contributed by atoms with Crippen LogP contribution in [-0.2, 0) is 11.4 Å². The molecule has 1 amide bonds. The summed E-state index contributed by atoms with van der Waals surface area (Å²) in [6.07, 6.45) is 0. The van der Waals surface area contributed by atoms with Gasteiger partial charge in [-0.25, -0.2) is 9.37 Å². The number of aliphatic hydroxyl groups excluding tert-OH is 1. The van der Waals surface area contributed by atoms with Crippen LogP contribution in [0, 0.1) is 5.82 Å². The van der Waals surface area contributed by atoms with E-state index in [9.17, 15) is 9.18 Å². The number of carbonyl (C=O) groups excluding carboxylic acids is 1. The number of aromatic nitrogens is 1. The molecule has 0 bridgehead atoms. The van der Waals surface area contributed by atoms with E-state index in [2.05, 4.69) is 4.98 Å². The average Bonchev–Trinajstić information content (AvgIpc) is 2.80. The van der Waals surface area contributed by atoms with E-state index in [4.69, 9.17) is 5.11 Å². The van der Waals surface area contributed by atoms with Crippen molar-refractivity contribution >= 4 is 28.1 Å². The molecule has 0 aliphatic heterocycles. The van der Waals surface area contributed by atoms with Crippen LogP contribution in [0.2, 0.25) is 0 Å². The van der Waals surface area contributed by atoms with Gasteiger partial charge in [-0.1, -0.05) is 12.1 Å². The lowest BCUT2D eigenvalue weighted by atomic mass is 10.3. The van der Waals surface area contributed by atoms with Gasteiger partial charge in [0.2, 0.25) is 5.91 Å². The Morgan fingerprint density at radius 1 is 1.50 bits per heavy atom. The van der Waals surface area contributed by atoms with Gasteiger partial charge in [0.1, 0.15) is 5.82 Å². The first-order valence-electron chi connectivity index (χ1n) is 5.24. The monoisotopic (exact) mass is 266 g/mol. The molecule has 0 aliphatic carbocycles. The summed E-state index contributed by atoms with van der Waals surface area (Å²) in [5, 5.41) is 10.9. The molecule has 1 N–H and O–H groups in total. The standard InChI is InChI=1S/C12H11FN2O2S/c1-8(17)15(11-5-3-2-4-10(11)13)12-14-9(6-16)7-18-12/h2-5,7,16H,6H2,1H3. The highest BCUT2D eigenvalue weighted by Gasteiger charge is 2.20. The number of nitrogens with zero attached hydrogens (tertiary/aromatic N) is 2. The number of hydrogen-bond acceptors (Lipinski definition) is 4. The van der Waals surface area contributed by atoms with Crippen molar-refractivity contribution in [2.45, 2.75) is 13.5 Å². The van der Waals surface area contributed by atoms with Crippen molar-refractivity contribution in [3.05, 3.63) is 41.2 Å². The molecule has 1 heterocycles. The topological polar surface area (TPSA) is 53.4 Å². The predicted octanol–water partition coefficient (Wildman–Crippen LogP) is 2.46. The average molecular weight is 266 g/mol. The van der Waals surface area contributed by atoms with Crippen molar-refractivity contribution in [3.63, 3.8) is 0 Å². The van der Waals surface area contributed by atoms with Crippen LogP contribution in [0.5, 0.6) is 0 Å². The Bertz CT molecular complexity index is 571. The van der Waals surface area contributed by atoms with E-state index in [1.165, 1.54) is 35.3 Å². The second-order valence-corrected chi connectivity index (χ2v) is 4.42. The Kier molecular flexibility index (Phi) is 3.69. The van der Waals surface area contributed by atoms with E-state index in [-0.39, 0.29) is 18.2 Å². The lowest BCUT2D eigenvalue weighted by Gasteiger charge is -2.18. The van der Waals surface area contributed by atoms with Crippen molar-refractivity contribution in [1.29, 1.82) is 0 Å². The molecule has 0 fully saturated rings. The van der Waals surface area contributed by atoms with Crippen LogP contribution in [0.25, 0.3) is 0 Å². The Morgan fingerprint density at radius 2 is 2.22 bits per heavy atom. The zero-order valence-corrected chi connectivity index (χ0v) is 10.4. The van der Waals surface area contributed by atoms with Crippen molar-refractivity contribution < 1.29 is 14.3 Å². The highest BCUT2D eigenvalue weighted by Crippen LogP contribution is 2.30. The van der Waals surface area contributed by atoms with E-state index in [0.29, 0.717) is 10.8 Å². The second kappa shape index (κ2) is 5.24. The third-order valence-corrected chi connectivity index (χ3v) is 3.18. The van der Waals surface area contributed by atoms with E-state index in [1.54, 1.807) is 17.5 Å². The quantitative estimate of drug-likeness (QED) is 0.928. The maximum Gasteiger partial charge on any atom is 0.230 e. The molecule has 0 unspecified atom stereocenters. The zero-order valence-electron chi connectivity index (χ0n) is 9.63. The molecular formula is C12H11FN2O2S. The molecule has 0 radical (unpaired) electrons. The fourth-order valence-corrected chi connectivity index (χ4v) is 2.38. The van der Waals surface area contributed by atoms with Crippen LogP contribution >= 0.6 is 11.3 Å². The summed E-state index contributed by atoms with van der Waals surface area (Å²) >= 11 is 1.18. The van der Waals surface area contributed by atoms with Gasteiger partial charge >= 0.3 is 0 Å². The number of amides is 1. The first kappa shape index (κ1) is 12.7. The first-order chi connectivity index (χ1) is 8.63. The van der Waals surface area contributed by atoms with Gasteiger partial charge in [0.25, 0.3) is 0 Å². The number of carbonyl (C=O) groups is 1. The summed E-state index contributed by atoms with van der Waals surface area (Å²) in [5.74, 6) is -0.826. The Hall–Kier alpha value is -1.79. The molecule has 1 aromatic carbocycles. The van der Waals surface area contributed by atoms with Crippen LogP contribution in [0.15, 0.2) is 29.6 Å². The number of benzene rings is 1. The first-order valence-corrected chi connectivity index (χ1v) is 6.12. The number of halogens is 1. The third-order valence-electron chi connectivity index (χ3n) is 2.30. The minimum Gasteiger partial charge on any atom is -0.390 e.